The van der Waals surface area contributed by atoms with Gasteiger partial charge in [0.2, 0.25) is 0 Å². The minimum atomic E-state index is -0.745. The van der Waals surface area contributed by atoms with Gasteiger partial charge in [-0.15, -0.1) is 0 Å². The summed E-state index contributed by atoms with van der Waals surface area (Å²) in [4.78, 5) is 0. The third-order valence-corrected chi connectivity index (χ3v) is 4.46. The van der Waals surface area contributed by atoms with E-state index in [1.54, 1.807) is 29.3 Å². The van der Waals surface area contributed by atoms with Gasteiger partial charge in [0.25, 0.3) is 0 Å². The molecule has 0 fully saturated rings. The fourth-order valence-corrected chi connectivity index (χ4v) is 3.35. The highest BCUT2D eigenvalue weighted by Crippen LogP contribution is 2.36. The monoisotopic (exact) mass is 330 g/mol. The van der Waals surface area contributed by atoms with E-state index in [4.69, 9.17) is 4.74 Å². The van der Waals surface area contributed by atoms with Crippen LogP contribution in [0.15, 0.2) is 21.4 Å². The minimum absolute atomic E-state index is 0.163. The van der Waals surface area contributed by atoms with Gasteiger partial charge in [0.05, 0.1) is 13.3 Å². The molecule has 0 aliphatic rings. The number of methoxy groups -OCH3 is 1. The number of rotatable bonds is 4. The van der Waals surface area contributed by atoms with Crippen LogP contribution in [-0.4, -0.2) is 22.0 Å². The number of thiophene rings is 1. The Balaban J connectivity index is 2.49. The zero-order valence-electron chi connectivity index (χ0n) is 10.4. The summed E-state index contributed by atoms with van der Waals surface area (Å²) in [6.45, 7) is 4.04. The maximum absolute atomic E-state index is 10.5. The van der Waals surface area contributed by atoms with E-state index < -0.39 is 6.10 Å². The fraction of sp³-hybridized carbons (Fsp3) is 0.417. The second kappa shape index (κ2) is 5.42. The van der Waals surface area contributed by atoms with Gasteiger partial charge in [-0.2, -0.15) is 16.4 Å². The second-order valence-electron chi connectivity index (χ2n) is 4.21. The second-order valence-corrected chi connectivity index (χ2v) is 5.81. The lowest BCUT2D eigenvalue weighted by atomic mass is 10.1. The normalized spacial score (nSPS) is 13.0. The molecular weight excluding hydrogens is 316 g/mol. The van der Waals surface area contributed by atoms with Crippen LogP contribution in [0, 0.1) is 0 Å². The molecular formula is C12H15BrN2O2S. The van der Waals surface area contributed by atoms with Gasteiger partial charge in [0.15, 0.2) is 5.75 Å². The number of halogens is 1. The molecule has 0 spiro atoms. The van der Waals surface area contributed by atoms with Gasteiger partial charge in [-0.1, -0.05) is 0 Å². The smallest absolute Gasteiger partial charge is 0.163 e. The van der Waals surface area contributed by atoms with Crippen LogP contribution in [0.1, 0.15) is 37.3 Å². The zero-order chi connectivity index (χ0) is 13.3. The van der Waals surface area contributed by atoms with E-state index in [1.165, 1.54) is 0 Å². The Hall–Kier alpha value is -0.850. The van der Waals surface area contributed by atoms with E-state index in [9.17, 15) is 5.11 Å². The van der Waals surface area contributed by atoms with Crippen LogP contribution in [0.2, 0.25) is 0 Å². The Morgan fingerprint density at radius 1 is 1.44 bits per heavy atom. The van der Waals surface area contributed by atoms with Gasteiger partial charge >= 0.3 is 0 Å². The summed E-state index contributed by atoms with van der Waals surface area (Å²) >= 11 is 4.98. The molecule has 1 N–H and O–H groups in total. The molecule has 0 aromatic carbocycles. The molecule has 0 saturated heterocycles. The van der Waals surface area contributed by atoms with E-state index in [1.807, 2.05) is 24.6 Å². The summed E-state index contributed by atoms with van der Waals surface area (Å²) in [7, 11) is 1.58. The third kappa shape index (κ3) is 2.32. The van der Waals surface area contributed by atoms with Crippen LogP contribution in [0.5, 0.6) is 5.75 Å². The molecule has 1 atom stereocenters. The number of aromatic nitrogens is 2. The highest BCUT2D eigenvalue weighted by molar-refractivity contribution is 9.10. The topological polar surface area (TPSA) is 47.3 Å². The van der Waals surface area contributed by atoms with Crippen LogP contribution in [-0.2, 0) is 0 Å². The number of hydrogen-bond donors (Lipinski definition) is 1. The summed E-state index contributed by atoms with van der Waals surface area (Å²) in [5.41, 5.74) is 1.52. The standard InChI is InChI=1S/C12H15BrN2O2S/c1-7(2)15-11(10(17-3)4-14-15)12(16)8-5-18-6-9(8)13/h4-7,12,16H,1-3H3. The first kappa shape index (κ1) is 13.6. The van der Waals surface area contributed by atoms with Crippen molar-refractivity contribution in [3.63, 3.8) is 0 Å². The van der Waals surface area contributed by atoms with Gasteiger partial charge in [0, 0.05) is 21.5 Å². The molecule has 0 radical (unpaired) electrons. The minimum Gasteiger partial charge on any atom is -0.493 e. The Bertz CT molecular complexity index is 536. The average Bonchev–Trinajstić information content (AvgIpc) is 2.93. The number of aliphatic hydroxyl groups excluding tert-OH is 1. The molecule has 0 amide bonds. The van der Waals surface area contributed by atoms with Crippen molar-refractivity contribution in [2.75, 3.05) is 7.11 Å². The molecule has 6 heteroatoms. The van der Waals surface area contributed by atoms with Crippen molar-refractivity contribution < 1.29 is 9.84 Å². The molecule has 98 valence electrons. The molecule has 0 saturated carbocycles. The molecule has 2 heterocycles. The third-order valence-electron chi connectivity index (χ3n) is 2.70. The molecule has 0 bridgehead atoms. The summed E-state index contributed by atoms with van der Waals surface area (Å²) in [6.07, 6.45) is 0.893. The molecule has 0 aliphatic carbocycles. The molecule has 2 aromatic heterocycles. The molecule has 0 aliphatic heterocycles. The Labute approximate surface area is 118 Å². The predicted molar refractivity (Wildman–Crippen MR) is 75.2 cm³/mol. The van der Waals surface area contributed by atoms with Crippen molar-refractivity contribution in [3.05, 3.63) is 32.7 Å². The van der Waals surface area contributed by atoms with Crippen molar-refractivity contribution in [1.82, 2.24) is 9.78 Å². The van der Waals surface area contributed by atoms with E-state index in [-0.39, 0.29) is 6.04 Å². The first-order chi connectivity index (χ1) is 8.56. The molecule has 18 heavy (non-hydrogen) atoms. The predicted octanol–water partition coefficient (Wildman–Crippen LogP) is 3.38. The van der Waals surface area contributed by atoms with Crippen LogP contribution in [0.25, 0.3) is 0 Å². The lowest BCUT2D eigenvalue weighted by molar-refractivity contribution is 0.199. The highest BCUT2D eigenvalue weighted by Gasteiger charge is 2.24. The van der Waals surface area contributed by atoms with Crippen molar-refractivity contribution in [1.29, 1.82) is 0 Å². The lowest BCUT2D eigenvalue weighted by Crippen LogP contribution is -2.12. The Morgan fingerprint density at radius 2 is 2.17 bits per heavy atom. The van der Waals surface area contributed by atoms with E-state index >= 15 is 0 Å². The Kier molecular flexibility index (Phi) is 4.09. The maximum atomic E-state index is 10.5. The van der Waals surface area contributed by atoms with Crippen LogP contribution >= 0.6 is 27.3 Å². The molecule has 2 aromatic rings. The zero-order valence-corrected chi connectivity index (χ0v) is 12.8. The molecule has 1 unspecified atom stereocenters. The van der Waals surface area contributed by atoms with Crippen LogP contribution < -0.4 is 4.74 Å². The molecule has 2 rings (SSSR count). The number of ether oxygens (including phenoxy) is 1. The summed E-state index contributed by atoms with van der Waals surface area (Å²) in [6, 6.07) is 0.163. The first-order valence-electron chi connectivity index (χ1n) is 5.57. The average molecular weight is 331 g/mol. The Morgan fingerprint density at radius 3 is 2.67 bits per heavy atom. The van der Waals surface area contributed by atoms with Gasteiger partial charge in [-0.05, 0) is 35.2 Å². The summed E-state index contributed by atoms with van der Waals surface area (Å²) in [5.74, 6) is 0.606. The largest absolute Gasteiger partial charge is 0.493 e. The van der Waals surface area contributed by atoms with Gasteiger partial charge in [0.1, 0.15) is 11.8 Å². The van der Waals surface area contributed by atoms with Gasteiger partial charge in [-0.25, -0.2) is 0 Å². The lowest BCUT2D eigenvalue weighted by Gasteiger charge is -2.17. The van der Waals surface area contributed by atoms with Crippen molar-refractivity contribution in [2.45, 2.75) is 26.0 Å². The van der Waals surface area contributed by atoms with Crippen molar-refractivity contribution in [2.24, 2.45) is 0 Å². The number of aliphatic hydroxyl groups is 1. The molecule has 4 nitrogen and oxygen atoms in total. The van der Waals surface area contributed by atoms with Gasteiger partial charge in [-0.3, -0.25) is 4.68 Å². The fourth-order valence-electron chi connectivity index (χ4n) is 1.82. The van der Waals surface area contributed by atoms with E-state index in [2.05, 4.69) is 21.0 Å². The van der Waals surface area contributed by atoms with E-state index in [0.29, 0.717) is 11.4 Å². The summed E-state index contributed by atoms with van der Waals surface area (Å²) < 4.78 is 7.97. The van der Waals surface area contributed by atoms with Crippen molar-refractivity contribution in [3.8, 4) is 5.75 Å². The number of nitrogens with zero attached hydrogens (tertiary/aromatic N) is 2. The highest BCUT2D eigenvalue weighted by atomic mass is 79.9. The quantitative estimate of drug-likeness (QED) is 0.934. The van der Waals surface area contributed by atoms with E-state index in [0.717, 1.165) is 10.0 Å². The number of hydrogen-bond acceptors (Lipinski definition) is 4. The van der Waals surface area contributed by atoms with Crippen molar-refractivity contribution >= 4 is 27.3 Å². The van der Waals surface area contributed by atoms with Gasteiger partial charge < -0.3 is 9.84 Å². The SMILES string of the molecule is COc1cnn(C(C)C)c1C(O)c1cscc1Br. The first-order valence-corrected chi connectivity index (χ1v) is 7.30. The van der Waals surface area contributed by atoms with Crippen LogP contribution in [0.3, 0.4) is 0 Å². The summed E-state index contributed by atoms with van der Waals surface area (Å²) in [5, 5.41) is 18.7. The van der Waals surface area contributed by atoms with Crippen LogP contribution in [0.4, 0.5) is 0 Å². The maximum Gasteiger partial charge on any atom is 0.163 e.